The van der Waals surface area contributed by atoms with Crippen molar-refractivity contribution in [3.8, 4) is 0 Å². The monoisotopic (exact) mass is 145 g/mol. The van der Waals surface area contributed by atoms with E-state index < -0.39 is 0 Å². The quantitative estimate of drug-likeness (QED) is 0.366. The van der Waals surface area contributed by atoms with Crippen LogP contribution in [-0.4, -0.2) is 6.73 Å². The number of para-hydroxylation sites is 1. The Kier molecular flexibility index (Phi) is 5.73. The maximum atomic E-state index is 9.99. The van der Waals surface area contributed by atoms with E-state index in [0.29, 0.717) is 0 Å². The van der Waals surface area contributed by atoms with E-state index in [1.165, 1.54) is 0 Å². The first kappa shape index (κ1) is 9.98. The molecule has 0 aliphatic rings. The second-order valence-electron chi connectivity index (χ2n) is 1.69. The Hall–Kier alpha value is -0.0200. The van der Waals surface area contributed by atoms with Gasteiger partial charge in [0, 0.05) is 5.69 Å². The minimum Gasteiger partial charge on any atom is -0.839 e. The number of hydrogen-bond acceptors (Lipinski definition) is 2. The maximum absolute atomic E-state index is 9.99. The molecule has 1 rings (SSSR count). The fourth-order valence-corrected chi connectivity index (χ4v) is 0.639. The van der Waals surface area contributed by atoms with E-state index in [0.717, 1.165) is 5.69 Å². The third kappa shape index (κ3) is 3.22. The summed E-state index contributed by atoms with van der Waals surface area (Å²) in [5.41, 5.74) is 0.882. The molecule has 48 valence electrons. The van der Waals surface area contributed by atoms with E-state index >= 15 is 0 Å². The Morgan fingerprint density at radius 3 is 2.30 bits per heavy atom. The molecule has 0 radical (unpaired) electrons. The largest absolute Gasteiger partial charge is 1.00 e. The van der Waals surface area contributed by atoms with Crippen molar-refractivity contribution in [3.05, 3.63) is 30.3 Å². The molecule has 0 aliphatic heterocycles. The molecule has 1 aromatic rings. The number of hydrogen-bond donors (Lipinski definition) is 1. The molecule has 0 unspecified atom stereocenters. The number of nitrogens with one attached hydrogen (secondary N) is 1. The fourth-order valence-electron chi connectivity index (χ4n) is 0.639. The molecule has 2 nitrogen and oxygen atoms in total. The van der Waals surface area contributed by atoms with Crippen molar-refractivity contribution in [2.45, 2.75) is 0 Å². The summed E-state index contributed by atoms with van der Waals surface area (Å²) in [6.45, 7) is -0.260. The Bertz CT molecular complexity index is 167. The van der Waals surface area contributed by atoms with Crippen LogP contribution in [0.5, 0.6) is 0 Å². The average Bonchev–Trinajstić information content (AvgIpc) is 1.91. The van der Waals surface area contributed by atoms with Gasteiger partial charge in [-0.3, -0.25) is 0 Å². The molecule has 0 atom stereocenters. The SMILES string of the molecule is [Na+].[O-]CNc1ccccc1. The third-order valence-electron chi connectivity index (χ3n) is 1.05. The predicted octanol–water partition coefficient (Wildman–Crippen LogP) is -2.58. The topological polar surface area (TPSA) is 35.1 Å². The first-order valence-corrected chi connectivity index (χ1v) is 2.80. The molecule has 0 bridgehead atoms. The van der Waals surface area contributed by atoms with Crippen LogP contribution in [0.15, 0.2) is 30.3 Å². The van der Waals surface area contributed by atoms with Crippen molar-refractivity contribution < 1.29 is 34.7 Å². The van der Waals surface area contributed by atoms with Crippen molar-refractivity contribution in [1.29, 1.82) is 0 Å². The van der Waals surface area contributed by atoms with Crippen molar-refractivity contribution in [1.82, 2.24) is 0 Å². The first-order chi connectivity index (χ1) is 4.43. The average molecular weight is 145 g/mol. The zero-order valence-electron chi connectivity index (χ0n) is 6.00. The van der Waals surface area contributed by atoms with Crippen molar-refractivity contribution >= 4 is 5.69 Å². The van der Waals surface area contributed by atoms with Gasteiger partial charge in [0.25, 0.3) is 0 Å². The van der Waals surface area contributed by atoms with Crippen molar-refractivity contribution in [2.75, 3.05) is 12.0 Å². The summed E-state index contributed by atoms with van der Waals surface area (Å²) in [6, 6.07) is 9.40. The molecule has 1 aromatic carbocycles. The van der Waals surface area contributed by atoms with E-state index in [1.54, 1.807) is 0 Å². The second-order valence-corrected chi connectivity index (χ2v) is 1.69. The van der Waals surface area contributed by atoms with E-state index in [4.69, 9.17) is 0 Å². The van der Waals surface area contributed by atoms with Gasteiger partial charge in [0.05, 0.1) is 0 Å². The summed E-state index contributed by atoms with van der Waals surface area (Å²) in [4.78, 5) is 0. The van der Waals surface area contributed by atoms with Gasteiger partial charge >= 0.3 is 29.6 Å². The first-order valence-electron chi connectivity index (χ1n) is 2.80. The number of benzene rings is 1. The van der Waals surface area contributed by atoms with Gasteiger partial charge in [0.15, 0.2) is 0 Å². The fraction of sp³-hybridized carbons (Fsp3) is 0.143. The van der Waals surface area contributed by atoms with Crippen LogP contribution in [0, 0.1) is 0 Å². The van der Waals surface area contributed by atoms with Gasteiger partial charge in [-0.1, -0.05) is 24.9 Å². The number of anilines is 1. The minimum absolute atomic E-state index is 0. The van der Waals surface area contributed by atoms with E-state index in [1.807, 2.05) is 30.3 Å². The molecule has 0 aromatic heterocycles. The molecule has 3 heteroatoms. The molecule has 0 fully saturated rings. The predicted molar refractivity (Wildman–Crippen MR) is 34.9 cm³/mol. The van der Waals surface area contributed by atoms with Crippen LogP contribution in [0.3, 0.4) is 0 Å². The van der Waals surface area contributed by atoms with Crippen molar-refractivity contribution in [3.63, 3.8) is 0 Å². The van der Waals surface area contributed by atoms with Gasteiger partial charge in [-0.2, -0.15) is 0 Å². The maximum Gasteiger partial charge on any atom is 1.00 e. The molecule has 0 heterocycles. The summed E-state index contributed by atoms with van der Waals surface area (Å²) in [7, 11) is 0. The Morgan fingerprint density at radius 2 is 1.80 bits per heavy atom. The molecular weight excluding hydrogens is 137 g/mol. The van der Waals surface area contributed by atoms with E-state index in [2.05, 4.69) is 5.32 Å². The summed E-state index contributed by atoms with van der Waals surface area (Å²) >= 11 is 0. The number of rotatable bonds is 2. The van der Waals surface area contributed by atoms with Crippen LogP contribution in [0.2, 0.25) is 0 Å². The molecule has 10 heavy (non-hydrogen) atoms. The summed E-state index contributed by atoms with van der Waals surface area (Å²) in [5, 5.41) is 12.6. The standard InChI is InChI=1S/C7H8NO.Na/c9-6-8-7-4-2-1-3-5-7;/h1-5,8H,6H2;/q-1;+1. The van der Waals surface area contributed by atoms with Gasteiger partial charge in [-0.05, 0) is 12.1 Å². The van der Waals surface area contributed by atoms with Gasteiger partial charge in [-0.15, -0.1) is 0 Å². The molecule has 0 amide bonds. The molecule has 0 saturated carbocycles. The van der Waals surface area contributed by atoms with E-state index in [-0.39, 0.29) is 36.3 Å². The van der Waals surface area contributed by atoms with Crippen molar-refractivity contribution in [2.24, 2.45) is 0 Å². The Labute approximate surface area is 82.6 Å². The summed E-state index contributed by atoms with van der Waals surface area (Å²) in [6.07, 6.45) is 0. The zero-order valence-corrected chi connectivity index (χ0v) is 8.00. The van der Waals surface area contributed by atoms with Gasteiger partial charge in [0.1, 0.15) is 0 Å². The Balaban J connectivity index is 0.000000810. The van der Waals surface area contributed by atoms with Crippen LogP contribution < -0.4 is 40.0 Å². The smallest absolute Gasteiger partial charge is 0.839 e. The van der Waals surface area contributed by atoms with Gasteiger partial charge in [-0.25, -0.2) is 0 Å². The zero-order chi connectivity index (χ0) is 6.53. The molecule has 0 saturated heterocycles. The second kappa shape index (κ2) is 5.74. The van der Waals surface area contributed by atoms with Gasteiger partial charge in [0.2, 0.25) is 0 Å². The molecule has 0 aliphatic carbocycles. The van der Waals surface area contributed by atoms with Crippen LogP contribution in [-0.2, 0) is 0 Å². The van der Waals surface area contributed by atoms with Crippen LogP contribution in [0.4, 0.5) is 5.69 Å². The summed E-state index contributed by atoms with van der Waals surface area (Å²) < 4.78 is 0. The molecule has 0 spiro atoms. The van der Waals surface area contributed by atoms with E-state index in [9.17, 15) is 5.11 Å². The third-order valence-corrected chi connectivity index (χ3v) is 1.05. The summed E-state index contributed by atoms with van der Waals surface area (Å²) in [5.74, 6) is 0. The molecule has 1 N–H and O–H groups in total. The normalized spacial score (nSPS) is 8.10. The minimum atomic E-state index is -0.260. The van der Waals surface area contributed by atoms with Crippen LogP contribution in [0.25, 0.3) is 0 Å². The van der Waals surface area contributed by atoms with Gasteiger partial charge < -0.3 is 10.4 Å². The van der Waals surface area contributed by atoms with Crippen LogP contribution in [0.1, 0.15) is 0 Å². The van der Waals surface area contributed by atoms with Crippen LogP contribution >= 0.6 is 0 Å². The molecular formula is C7H8NNaO. The Morgan fingerprint density at radius 1 is 1.20 bits per heavy atom.